The van der Waals surface area contributed by atoms with Crippen LogP contribution < -0.4 is 0 Å². The zero-order valence-electron chi connectivity index (χ0n) is 14.7. The van der Waals surface area contributed by atoms with E-state index in [0.717, 1.165) is 6.42 Å². The quantitative estimate of drug-likeness (QED) is 0.247. The fourth-order valence-corrected chi connectivity index (χ4v) is 2.89. The lowest BCUT2D eigenvalue weighted by atomic mass is 10.0. The lowest BCUT2D eigenvalue weighted by Crippen LogP contribution is -2.12. The van der Waals surface area contributed by atoms with Gasteiger partial charge in [-0.2, -0.15) is 5.26 Å². The van der Waals surface area contributed by atoms with E-state index in [1.165, 1.54) is 77.0 Å². The third-order valence-electron chi connectivity index (χ3n) is 4.02. The molecule has 1 atom stereocenters. The Morgan fingerprint density at radius 3 is 1.82 bits per heavy atom. The van der Waals surface area contributed by atoms with Crippen LogP contribution in [0.2, 0.25) is 0 Å². The average Bonchev–Trinajstić information content (AvgIpc) is 2.48. The summed E-state index contributed by atoms with van der Waals surface area (Å²) in [5.41, 5.74) is 0. The van der Waals surface area contributed by atoms with E-state index in [4.69, 9.17) is 22.2 Å². The Balaban J connectivity index is 3.20. The molecule has 0 saturated heterocycles. The summed E-state index contributed by atoms with van der Waals surface area (Å²) >= 11 is 4.98. The van der Waals surface area contributed by atoms with Gasteiger partial charge in [0.15, 0.2) is 5.05 Å². The molecule has 0 aliphatic carbocycles. The maximum Gasteiger partial charge on any atom is 0.174 e. The van der Waals surface area contributed by atoms with Gasteiger partial charge in [0, 0.05) is 0 Å². The molecule has 22 heavy (non-hydrogen) atoms. The van der Waals surface area contributed by atoms with Gasteiger partial charge in [0.05, 0.1) is 12.2 Å². The first-order valence-electron chi connectivity index (χ1n) is 9.27. The maximum absolute atomic E-state index is 8.52. The number of rotatable bonds is 15. The molecule has 0 aliphatic heterocycles. The second-order valence-electron chi connectivity index (χ2n) is 6.31. The van der Waals surface area contributed by atoms with Gasteiger partial charge in [-0.3, -0.25) is 0 Å². The molecule has 0 amide bonds. The highest BCUT2D eigenvalue weighted by Crippen LogP contribution is 2.13. The highest BCUT2D eigenvalue weighted by molar-refractivity contribution is 7.80. The molecule has 0 bridgehead atoms. The van der Waals surface area contributed by atoms with E-state index >= 15 is 0 Å². The monoisotopic (exact) mass is 325 g/mol. The van der Waals surface area contributed by atoms with Crippen LogP contribution in [-0.4, -0.2) is 11.2 Å². The van der Waals surface area contributed by atoms with Gasteiger partial charge in [0.1, 0.15) is 6.42 Å². The normalized spacial score (nSPS) is 11.9. The SMILES string of the molecule is CCCCCCCCCCCCCCC(C)OC(=S)CC#N. The molecule has 0 radical (unpaired) electrons. The Morgan fingerprint density at radius 1 is 0.909 bits per heavy atom. The maximum atomic E-state index is 8.52. The lowest BCUT2D eigenvalue weighted by molar-refractivity contribution is 0.195. The average molecular weight is 326 g/mol. The van der Waals surface area contributed by atoms with E-state index in [1.807, 2.05) is 13.0 Å². The zero-order chi connectivity index (χ0) is 16.5. The Labute approximate surface area is 143 Å². The standard InChI is InChI=1S/C19H35NOS/c1-3-4-5-6-7-8-9-10-11-12-13-14-15-18(2)21-19(22)16-17-20/h18H,3-16H2,1-2H3. The second-order valence-corrected chi connectivity index (χ2v) is 6.77. The fourth-order valence-electron chi connectivity index (χ4n) is 2.66. The molecule has 0 rings (SSSR count). The molecule has 0 heterocycles. The first-order valence-corrected chi connectivity index (χ1v) is 9.68. The van der Waals surface area contributed by atoms with Gasteiger partial charge < -0.3 is 4.74 Å². The van der Waals surface area contributed by atoms with E-state index in [2.05, 4.69) is 6.92 Å². The number of hydrogen-bond donors (Lipinski definition) is 0. The van der Waals surface area contributed by atoms with Crippen molar-refractivity contribution >= 4 is 17.3 Å². The van der Waals surface area contributed by atoms with Crippen LogP contribution in [0.5, 0.6) is 0 Å². The molecule has 2 nitrogen and oxygen atoms in total. The molecule has 0 N–H and O–H groups in total. The number of ether oxygens (including phenoxy) is 1. The summed E-state index contributed by atoms with van der Waals surface area (Å²) < 4.78 is 5.50. The smallest absolute Gasteiger partial charge is 0.174 e. The van der Waals surface area contributed by atoms with E-state index in [1.54, 1.807) is 0 Å². The number of unbranched alkanes of at least 4 members (excludes halogenated alkanes) is 11. The summed E-state index contributed by atoms with van der Waals surface area (Å²) in [5, 5.41) is 8.96. The molecule has 128 valence electrons. The molecule has 0 saturated carbocycles. The summed E-state index contributed by atoms with van der Waals surface area (Å²) in [6, 6.07) is 2.02. The highest BCUT2D eigenvalue weighted by atomic mass is 32.1. The van der Waals surface area contributed by atoms with Gasteiger partial charge in [-0.05, 0) is 32.0 Å². The van der Waals surface area contributed by atoms with Crippen molar-refractivity contribution in [1.82, 2.24) is 0 Å². The largest absolute Gasteiger partial charge is 0.483 e. The van der Waals surface area contributed by atoms with Crippen molar-refractivity contribution in [2.24, 2.45) is 0 Å². The van der Waals surface area contributed by atoms with Crippen LogP contribution in [0, 0.1) is 11.3 Å². The van der Waals surface area contributed by atoms with Crippen molar-refractivity contribution in [2.45, 2.75) is 110 Å². The summed E-state index contributed by atoms with van der Waals surface area (Å²) in [6.07, 6.45) is 17.9. The van der Waals surface area contributed by atoms with E-state index < -0.39 is 0 Å². The zero-order valence-corrected chi connectivity index (χ0v) is 15.6. The molecular formula is C19H35NOS. The van der Waals surface area contributed by atoms with Crippen molar-refractivity contribution in [3.63, 3.8) is 0 Å². The summed E-state index contributed by atoms with van der Waals surface area (Å²) in [7, 11) is 0. The molecule has 0 aliphatic rings. The third-order valence-corrected chi connectivity index (χ3v) is 4.26. The highest BCUT2D eigenvalue weighted by Gasteiger charge is 2.05. The molecule has 0 aromatic rings. The van der Waals surface area contributed by atoms with Crippen LogP contribution in [0.3, 0.4) is 0 Å². The number of hydrogen-bond acceptors (Lipinski definition) is 3. The predicted molar refractivity (Wildman–Crippen MR) is 99.1 cm³/mol. The molecule has 0 aromatic carbocycles. The van der Waals surface area contributed by atoms with Crippen molar-refractivity contribution in [3.05, 3.63) is 0 Å². The number of nitriles is 1. The van der Waals surface area contributed by atoms with Crippen molar-refractivity contribution in [3.8, 4) is 6.07 Å². The Kier molecular flexibility index (Phi) is 16.3. The van der Waals surface area contributed by atoms with Crippen molar-refractivity contribution in [1.29, 1.82) is 5.26 Å². The van der Waals surface area contributed by atoms with E-state index in [9.17, 15) is 0 Å². The summed E-state index contributed by atoms with van der Waals surface area (Å²) in [4.78, 5) is 0. The van der Waals surface area contributed by atoms with Gasteiger partial charge in [-0.1, -0.05) is 77.6 Å². The van der Waals surface area contributed by atoms with Gasteiger partial charge in [-0.15, -0.1) is 0 Å². The predicted octanol–water partition coefficient (Wildman–Crippen LogP) is 6.72. The fraction of sp³-hybridized carbons (Fsp3) is 0.895. The Hall–Kier alpha value is -0.620. The van der Waals surface area contributed by atoms with E-state index in [0.29, 0.717) is 5.05 Å². The first-order chi connectivity index (χ1) is 10.7. The van der Waals surface area contributed by atoms with Gasteiger partial charge >= 0.3 is 0 Å². The first kappa shape index (κ1) is 21.4. The van der Waals surface area contributed by atoms with E-state index in [-0.39, 0.29) is 12.5 Å². The van der Waals surface area contributed by atoms with Crippen LogP contribution in [-0.2, 0) is 4.74 Å². The molecule has 0 spiro atoms. The minimum Gasteiger partial charge on any atom is -0.483 e. The van der Waals surface area contributed by atoms with Crippen LogP contribution in [0.15, 0.2) is 0 Å². The molecule has 1 unspecified atom stereocenters. The summed E-state index contributed by atoms with van der Waals surface area (Å²) in [6.45, 7) is 4.32. The summed E-state index contributed by atoms with van der Waals surface area (Å²) in [5.74, 6) is 0. The minimum atomic E-state index is 0.156. The molecule has 0 aromatic heterocycles. The number of nitrogens with zero attached hydrogens (tertiary/aromatic N) is 1. The Morgan fingerprint density at radius 2 is 1.36 bits per heavy atom. The van der Waals surface area contributed by atoms with Crippen LogP contribution in [0.25, 0.3) is 0 Å². The number of thiocarbonyl (C=S) groups is 1. The van der Waals surface area contributed by atoms with Crippen molar-refractivity contribution < 1.29 is 4.74 Å². The van der Waals surface area contributed by atoms with Gasteiger partial charge in [0.25, 0.3) is 0 Å². The molecule has 3 heteroatoms. The molecule has 0 fully saturated rings. The van der Waals surface area contributed by atoms with Gasteiger partial charge in [0.2, 0.25) is 0 Å². The van der Waals surface area contributed by atoms with Crippen LogP contribution in [0.1, 0.15) is 104 Å². The topological polar surface area (TPSA) is 33.0 Å². The van der Waals surface area contributed by atoms with Crippen LogP contribution >= 0.6 is 12.2 Å². The Bertz CT molecular complexity index is 298. The lowest BCUT2D eigenvalue weighted by Gasteiger charge is -2.13. The second kappa shape index (κ2) is 16.7. The van der Waals surface area contributed by atoms with Crippen LogP contribution in [0.4, 0.5) is 0 Å². The minimum absolute atomic E-state index is 0.156. The van der Waals surface area contributed by atoms with Gasteiger partial charge in [-0.25, -0.2) is 0 Å². The third kappa shape index (κ3) is 15.8. The molecular weight excluding hydrogens is 290 g/mol. The van der Waals surface area contributed by atoms with Crippen molar-refractivity contribution in [2.75, 3.05) is 0 Å².